The minimum absolute atomic E-state index is 0.123. The van der Waals surface area contributed by atoms with Gasteiger partial charge in [0.25, 0.3) is 0 Å². The predicted octanol–water partition coefficient (Wildman–Crippen LogP) is 24.9. The molecule has 8 heteroatoms. The zero-order chi connectivity index (χ0) is 60.1. The molecule has 0 aliphatic heterocycles. The van der Waals surface area contributed by atoms with Gasteiger partial charge in [0.15, 0.2) is 11.2 Å². The minimum Gasteiger partial charge on any atom is -0.456 e. The van der Waals surface area contributed by atoms with E-state index in [1.165, 1.54) is 11.1 Å². The van der Waals surface area contributed by atoms with Crippen molar-refractivity contribution in [1.82, 2.24) is 0 Å². The third kappa shape index (κ3) is 7.42. The molecule has 8 nitrogen and oxygen atoms in total. The van der Waals surface area contributed by atoms with Crippen molar-refractivity contribution in [1.29, 1.82) is 0 Å². The summed E-state index contributed by atoms with van der Waals surface area (Å²) in [7, 11) is 0. The molecule has 0 bridgehead atoms. The third-order valence-electron chi connectivity index (χ3n) is 18.8. The van der Waals surface area contributed by atoms with E-state index in [9.17, 15) is 0 Å². The van der Waals surface area contributed by atoms with Crippen molar-refractivity contribution >= 4 is 187 Å². The van der Waals surface area contributed by atoms with Gasteiger partial charge >= 0.3 is 0 Å². The SMILES string of the molecule is CC(C)(C)c1cccc2c1oc1c(N(c3ccc4cc5c(cc4c3)oc3ccc4oc6cc7cc(N(c8ccc9oc%10ccccc%10c9c8)c8cccc9c8oc8c(C(C)(C)C)cccc89)ccc7cc6c4c35)c3ccc4oc5ccccc5c4c3)cccc12. The van der Waals surface area contributed by atoms with E-state index in [2.05, 4.69) is 245 Å². The molecule has 0 aliphatic carbocycles. The fourth-order valence-electron chi connectivity index (χ4n) is 14.6. The summed E-state index contributed by atoms with van der Waals surface area (Å²) in [5.41, 5.74) is 17.9. The molecule has 0 unspecified atom stereocenters. The second-order valence-corrected chi connectivity index (χ2v) is 26.4. The topological polar surface area (TPSA) is 85.3 Å². The fourth-order valence-corrected chi connectivity index (χ4v) is 14.6. The highest BCUT2D eigenvalue weighted by atomic mass is 16.4. The fraction of sp³-hybridized carbons (Fsp3) is 0.0976. The standard InChI is InChI=1S/C82H56N2O6/c1-81(2,3)63-21-11-17-55-57-19-13-23-65(79(57)89-77(55)63)83(51-31-33-69-59(43-51)53-15-7-9-25-67(53)85-69)49-29-27-45-39-61-73(41-47(45)37-49)87-71-35-36-72-76(75(61)71)62-40-46-28-30-50(38-48(46)42-74(62)88-72)84(52-32-34-70-60(44-52)54-16-8-10-26-68(54)86-70)66-24-14-20-58-56-18-12-22-64(82(4,5)6)78(56)90-80(58)66/h7-44H,1-6H3. The molecule has 0 N–H and O–H groups in total. The first-order chi connectivity index (χ1) is 43.8. The number of benzene rings is 13. The Morgan fingerprint density at radius 1 is 0.233 bits per heavy atom. The Kier molecular flexibility index (Phi) is 10.3. The van der Waals surface area contributed by atoms with Crippen molar-refractivity contribution in [2.75, 3.05) is 9.80 Å². The van der Waals surface area contributed by atoms with Crippen LogP contribution in [0.1, 0.15) is 52.7 Å². The molecular formula is C82H56N2O6. The lowest BCUT2D eigenvalue weighted by molar-refractivity contribution is 0.572. The van der Waals surface area contributed by atoms with Gasteiger partial charge < -0.3 is 36.3 Å². The third-order valence-corrected chi connectivity index (χ3v) is 18.8. The molecular weight excluding hydrogens is 1110 g/mol. The molecule has 6 heterocycles. The van der Waals surface area contributed by atoms with E-state index in [1.807, 2.05) is 36.4 Å². The van der Waals surface area contributed by atoms with E-state index in [1.54, 1.807) is 0 Å². The first-order valence-corrected chi connectivity index (χ1v) is 30.8. The van der Waals surface area contributed by atoms with Gasteiger partial charge in [0.1, 0.15) is 55.8 Å². The highest BCUT2D eigenvalue weighted by Crippen LogP contribution is 2.50. The molecule has 19 rings (SSSR count). The average Bonchev–Trinajstić information content (AvgIpc) is 1.67. The number of anilines is 6. The number of hydrogen-bond donors (Lipinski definition) is 0. The van der Waals surface area contributed by atoms with Crippen LogP contribution in [-0.2, 0) is 10.8 Å². The molecule has 0 saturated heterocycles. The van der Waals surface area contributed by atoms with Crippen LogP contribution in [0.5, 0.6) is 0 Å². The number of hydrogen-bond acceptors (Lipinski definition) is 8. The van der Waals surface area contributed by atoms with E-state index in [4.69, 9.17) is 26.5 Å². The molecule has 13 aromatic carbocycles. The second-order valence-electron chi connectivity index (χ2n) is 26.4. The number of nitrogens with zero attached hydrogens (tertiary/aromatic N) is 2. The van der Waals surface area contributed by atoms with Crippen LogP contribution < -0.4 is 9.80 Å². The molecule has 19 aromatic rings. The van der Waals surface area contributed by atoms with Gasteiger partial charge in [-0.05, 0) is 154 Å². The van der Waals surface area contributed by atoms with Crippen molar-refractivity contribution in [2.24, 2.45) is 0 Å². The number of rotatable bonds is 6. The van der Waals surface area contributed by atoms with Gasteiger partial charge in [0.05, 0.1) is 11.4 Å². The minimum atomic E-state index is -0.123. The van der Waals surface area contributed by atoms with Gasteiger partial charge in [-0.15, -0.1) is 0 Å². The van der Waals surface area contributed by atoms with Gasteiger partial charge in [-0.25, -0.2) is 0 Å². The van der Waals surface area contributed by atoms with Crippen molar-refractivity contribution in [3.63, 3.8) is 0 Å². The van der Waals surface area contributed by atoms with Crippen LogP contribution >= 0.6 is 0 Å². The maximum absolute atomic E-state index is 7.08. The number of furan rings is 6. The molecule has 6 aromatic heterocycles. The molecule has 430 valence electrons. The summed E-state index contributed by atoms with van der Waals surface area (Å²) in [6.45, 7) is 13.4. The zero-order valence-corrected chi connectivity index (χ0v) is 50.3. The smallest absolute Gasteiger partial charge is 0.159 e. The number of fused-ring (bicyclic) bond motifs is 21. The Morgan fingerprint density at radius 2 is 0.589 bits per heavy atom. The van der Waals surface area contributed by atoms with E-state index in [0.29, 0.717) is 0 Å². The zero-order valence-electron chi connectivity index (χ0n) is 50.3. The molecule has 0 fully saturated rings. The Hall–Kier alpha value is -11.2. The van der Waals surface area contributed by atoms with Gasteiger partial charge in [-0.1, -0.05) is 151 Å². The quantitative estimate of drug-likeness (QED) is 0.163. The van der Waals surface area contributed by atoms with Gasteiger partial charge in [0.2, 0.25) is 0 Å². The lowest BCUT2D eigenvalue weighted by Gasteiger charge is -2.26. The summed E-state index contributed by atoms with van der Waals surface area (Å²) in [6.07, 6.45) is 0. The highest BCUT2D eigenvalue weighted by Gasteiger charge is 2.28. The van der Waals surface area contributed by atoms with Gasteiger partial charge in [-0.2, -0.15) is 0 Å². The first-order valence-electron chi connectivity index (χ1n) is 30.8. The lowest BCUT2D eigenvalue weighted by atomic mass is 9.86. The molecule has 90 heavy (non-hydrogen) atoms. The summed E-state index contributed by atoms with van der Waals surface area (Å²) < 4.78 is 40.7. The van der Waals surface area contributed by atoms with E-state index in [0.717, 1.165) is 187 Å². The van der Waals surface area contributed by atoms with Crippen LogP contribution in [0.15, 0.2) is 257 Å². The van der Waals surface area contributed by atoms with Crippen molar-refractivity contribution in [2.45, 2.75) is 52.4 Å². The largest absolute Gasteiger partial charge is 0.456 e. The van der Waals surface area contributed by atoms with Crippen LogP contribution in [0.2, 0.25) is 0 Å². The normalized spacial score (nSPS) is 12.8. The first kappa shape index (κ1) is 50.9. The van der Waals surface area contributed by atoms with Crippen LogP contribution in [-0.4, -0.2) is 0 Å². The monoisotopic (exact) mass is 1160 g/mol. The van der Waals surface area contributed by atoms with Crippen LogP contribution in [0.4, 0.5) is 34.1 Å². The summed E-state index contributed by atoms with van der Waals surface area (Å²) in [5.74, 6) is 0. The maximum atomic E-state index is 7.08. The Morgan fingerprint density at radius 3 is 1.03 bits per heavy atom. The Bertz CT molecular complexity index is 5900. The van der Waals surface area contributed by atoms with Crippen LogP contribution in [0, 0.1) is 0 Å². The van der Waals surface area contributed by atoms with Crippen LogP contribution in [0.3, 0.4) is 0 Å². The van der Waals surface area contributed by atoms with Gasteiger partial charge in [0, 0.05) is 98.5 Å². The Labute approximate surface area is 514 Å². The lowest BCUT2D eigenvalue weighted by Crippen LogP contribution is -2.11. The maximum Gasteiger partial charge on any atom is 0.159 e. The van der Waals surface area contributed by atoms with E-state index < -0.39 is 0 Å². The van der Waals surface area contributed by atoms with Crippen LogP contribution in [0.25, 0.3) is 153 Å². The number of para-hydroxylation sites is 6. The van der Waals surface area contributed by atoms with Crippen molar-refractivity contribution in [3.05, 3.63) is 242 Å². The molecule has 0 atom stereocenters. The summed E-state index contributed by atoms with van der Waals surface area (Å²) in [6, 6.07) is 81.9. The summed E-state index contributed by atoms with van der Waals surface area (Å²) in [5, 5.41) is 16.9. The van der Waals surface area contributed by atoms with Crippen molar-refractivity contribution < 1.29 is 26.5 Å². The Balaban J connectivity index is 0.759. The average molecular weight is 1170 g/mol. The van der Waals surface area contributed by atoms with Crippen molar-refractivity contribution in [3.8, 4) is 0 Å². The van der Waals surface area contributed by atoms with Gasteiger partial charge in [-0.3, -0.25) is 0 Å². The predicted molar refractivity (Wildman–Crippen MR) is 372 cm³/mol. The van der Waals surface area contributed by atoms with E-state index in [-0.39, 0.29) is 10.8 Å². The molecule has 0 aliphatic rings. The second kappa shape index (κ2) is 18.2. The molecule has 0 spiro atoms. The molecule has 0 saturated carbocycles. The summed E-state index contributed by atoms with van der Waals surface area (Å²) in [4.78, 5) is 4.64. The molecule has 0 radical (unpaired) electrons. The summed E-state index contributed by atoms with van der Waals surface area (Å²) >= 11 is 0. The molecule has 0 amide bonds. The highest BCUT2D eigenvalue weighted by molar-refractivity contribution is 6.28. The van der Waals surface area contributed by atoms with E-state index >= 15 is 0 Å².